The molecule has 2 aromatic heterocycles. The Morgan fingerprint density at radius 1 is 0.878 bits per heavy atom. The lowest BCUT2D eigenvalue weighted by Crippen LogP contribution is -2.02. The maximum absolute atomic E-state index is 9.23. The first-order valence-electron chi connectivity index (χ1n) is 13.0. The Bertz CT molecular complexity index is 2110. The van der Waals surface area contributed by atoms with Gasteiger partial charge in [-0.25, -0.2) is 0 Å². The molecule has 0 bridgehead atoms. The van der Waals surface area contributed by atoms with Crippen LogP contribution in [0.4, 0.5) is 0 Å². The summed E-state index contributed by atoms with van der Waals surface area (Å²) in [6.07, 6.45) is 8.28. The number of nitrogens with one attached hydrogen (secondary N) is 2. The monoisotopic (exact) mass is 531 g/mol. The Balaban J connectivity index is 1.32. The predicted octanol–water partition coefficient (Wildman–Crippen LogP) is 7.99. The molecule has 0 unspecified atom stereocenters. The van der Waals surface area contributed by atoms with Crippen LogP contribution in [0.2, 0.25) is 0 Å². The molecular weight excluding hydrogens is 506 g/mol. The van der Waals surface area contributed by atoms with Gasteiger partial charge in [0.05, 0.1) is 22.9 Å². The van der Waals surface area contributed by atoms with Crippen molar-refractivity contribution in [3.63, 3.8) is 0 Å². The van der Waals surface area contributed by atoms with Crippen LogP contribution in [0.15, 0.2) is 120 Å². The van der Waals surface area contributed by atoms with Gasteiger partial charge in [-0.2, -0.15) is 5.26 Å². The van der Waals surface area contributed by atoms with Crippen molar-refractivity contribution in [1.29, 1.82) is 16.1 Å². The number of allylic oxidation sites excluding steroid dienone is 4. The van der Waals surface area contributed by atoms with Crippen molar-refractivity contribution < 1.29 is 4.42 Å². The fourth-order valence-electron chi connectivity index (χ4n) is 4.98. The lowest BCUT2D eigenvalue weighted by molar-refractivity contribution is 0.669. The van der Waals surface area contributed by atoms with Crippen LogP contribution in [0.1, 0.15) is 22.3 Å². The largest absolute Gasteiger partial charge is 0.456 e. The molecule has 2 heterocycles. The van der Waals surface area contributed by atoms with Crippen LogP contribution in [0.5, 0.6) is 0 Å². The van der Waals surface area contributed by atoms with Gasteiger partial charge in [0.25, 0.3) is 0 Å². The zero-order valence-corrected chi connectivity index (χ0v) is 22.1. The van der Waals surface area contributed by atoms with Crippen LogP contribution in [0.3, 0.4) is 0 Å². The number of nitrogens with zero attached hydrogens (tertiary/aromatic N) is 2. The van der Waals surface area contributed by atoms with E-state index in [0.717, 1.165) is 60.8 Å². The standard InChI is InChI=1S/C35H25N5O/c1-22(3-2-15-36)24-5-7-25(8-6-24)31(38)20-32(39)26-9-12-34-29(18-26)30-19-28(10-13-35(30)41-34)40-16-14-27-17-23(21-37)4-11-33(27)40/h2-20,36,39H,1,38H2/b3-2-,31-20-,36-15?,39-32?. The van der Waals surface area contributed by atoms with E-state index in [1.165, 1.54) is 6.21 Å². The molecule has 6 nitrogen and oxygen atoms in total. The van der Waals surface area contributed by atoms with Gasteiger partial charge in [0.2, 0.25) is 0 Å². The van der Waals surface area contributed by atoms with Crippen molar-refractivity contribution in [1.82, 2.24) is 4.57 Å². The lowest BCUT2D eigenvalue weighted by atomic mass is 10.0. The Morgan fingerprint density at radius 2 is 1.59 bits per heavy atom. The van der Waals surface area contributed by atoms with Gasteiger partial charge in [-0.15, -0.1) is 0 Å². The van der Waals surface area contributed by atoms with E-state index in [1.807, 2.05) is 85.1 Å². The molecule has 0 aliphatic heterocycles. The number of benzene rings is 4. The molecule has 0 saturated carbocycles. The van der Waals surface area contributed by atoms with E-state index in [2.05, 4.69) is 23.3 Å². The number of nitriles is 1. The van der Waals surface area contributed by atoms with Gasteiger partial charge in [0, 0.05) is 45.5 Å². The Hall–Kier alpha value is -5.93. The molecule has 6 rings (SSSR count). The second-order valence-electron chi connectivity index (χ2n) is 9.71. The molecule has 6 aromatic rings. The molecular formula is C35H25N5O. The Kier molecular flexibility index (Phi) is 6.39. The van der Waals surface area contributed by atoms with E-state index < -0.39 is 0 Å². The Labute approximate surface area is 236 Å². The molecule has 196 valence electrons. The van der Waals surface area contributed by atoms with Gasteiger partial charge in [0.15, 0.2) is 0 Å². The molecule has 4 aromatic carbocycles. The summed E-state index contributed by atoms with van der Waals surface area (Å²) in [6, 6.07) is 29.3. The van der Waals surface area contributed by atoms with Crippen LogP contribution >= 0.6 is 0 Å². The van der Waals surface area contributed by atoms with Crippen LogP contribution in [0, 0.1) is 22.1 Å². The van der Waals surface area contributed by atoms with Crippen molar-refractivity contribution in [3.05, 3.63) is 138 Å². The topological polar surface area (TPSA) is 116 Å². The minimum Gasteiger partial charge on any atom is -0.456 e. The van der Waals surface area contributed by atoms with Crippen LogP contribution in [-0.2, 0) is 0 Å². The molecule has 41 heavy (non-hydrogen) atoms. The van der Waals surface area contributed by atoms with Crippen LogP contribution in [-0.4, -0.2) is 16.5 Å². The average molecular weight is 532 g/mol. The van der Waals surface area contributed by atoms with E-state index in [9.17, 15) is 5.26 Å². The highest BCUT2D eigenvalue weighted by Crippen LogP contribution is 2.32. The van der Waals surface area contributed by atoms with E-state index in [-0.39, 0.29) is 0 Å². The molecule has 0 aliphatic carbocycles. The summed E-state index contributed by atoms with van der Waals surface area (Å²) in [4.78, 5) is 0. The fraction of sp³-hybridized carbons (Fsp3) is 0. The van der Waals surface area contributed by atoms with Gasteiger partial charge in [0.1, 0.15) is 11.2 Å². The van der Waals surface area contributed by atoms with Gasteiger partial charge in [-0.3, -0.25) is 0 Å². The molecule has 0 atom stereocenters. The van der Waals surface area contributed by atoms with Gasteiger partial charge >= 0.3 is 0 Å². The third-order valence-corrected chi connectivity index (χ3v) is 7.14. The summed E-state index contributed by atoms with van der Waals surface area (Å²) in [5.74, 6) is 0. The van der Waals surface area contributed by atoms with Crippen LogP contribution < -0.4 is 5.73 Å². The summed E-state index contributed by atoms with van der Waals surface area (Å²) in [7, 11) is 0. The molecule has 0 radical (unpaired) electrons. The number of fused-ring (bicyclic) bond motifs is 4. The zero-order chi connectivity index (χ0) is 28.5. The lowest BCUT2D eigenvalue weighted by Gasteiger charge is -2.07. The normalized spacial score (nSPS) is 11.8. The Morgan fingerprint density at radius 3 is 2.34 bits per heavy atom. The predicted molar refractivity (Wildman–Crippen MR) is 168 cm³/mol. The first-order chi connectivity index (χ1) is 19.9. The first kappa shape index (κ1) is 25.4. The summed E-state index contributed by atoms with van der Waals surface area (Å²) in [5, 5.41) is 28.0. The third kappa shape index (κ3) is 4.73. The highest BCUT2D eigenvalue weighted by molar-refractivity contribution is 6.14. The number of furan rings is 1. The minimum absolute atomic E-state index is 0.294. The van der Waals surface area contributed by atoms with Crippen molar-refractivity contribution in [2.75, 3.05) is 0 Å². The van der Waals surface area contributed by atoms with Crippen molar-refractivity contribution in [3.8, 4) is 11.8 Å². The SMILES string of the molecule is C=C(/C=C\C=N)c1ccc(/C(N)=C/C(=N)c2ccc3oc4ccc(-n5ccc6cc(C#N)ccc65)cc4c3c2)cc1. The van der Waals surface area contributed by atoms with Crippen molar-refractivity contribution >= 4 is 56.0 Å². The summed E-state index contributed by atoms with van der Waals surface area (Å²) >= 11 is 0. The molecule has 0 amide bonds. The number of aromatic nitrogens is 1. The van der Waals surface area contributed by atoms with Gasteiger partial charge in [-0.1, -0.05) is 36.9 Å². The minimum atomic E-state index is 0.294. The summed E-state index contributed by atoms with van der Waals surface area (Å²) < 4.78 is 8.19. The highest BCUT2D eigenvalue weighted by Gasteiger charge is 2.12. The van der Waals surface area contributed by atoms with E-state index >= 15 is 0 Å². The third-order valence-electron chi connectivity index (χ3n) is 7.14. The summed E-state index contributed by atoms with van der Waals surface area (Å²) in [5.41, 5.74) is 14.6. The van der Waals surface area contributed by atoms with E-state index in [0.29, 0.717) is 17.0 Å². The number of hydrogen-bond acceptors (Lipinski definition) is 5. The second kappa shape index (κ2) is 10.3. The second-order valence-corrected chi connectivity index (χ2v) is 9.71. The van der Waals surface area contributed by atoms with Gasteiger partial charge in [-0.05, 0) is 89.5 Å². The molecule has 6 heteroatoms. The van der Waals surface area contributed by atoms with Crippen LogP contribution in [0.25, 0.3) is 49.8 Å². The average Bonchev–Trinajstić information content (AvgIpc) is 3.60. The highest BCUT2D eigenvalue weighted by atomic mass is 16.3. The quantitative estimate of drug-likeness (QED) is 0.143. The number of rotatable bonds is 7. The molecule has 4 N–H and O–H groups in total. The molecule has 0 spiro atoms. The first-order valence-corrected chi connectivity index (χ1v) is 13.0. The van der Waals surface area contributed by atoms with Crippen molar-refractivity contribution in [2.45, 2.75) is 0 Å². The maximum atomic E-state index is 9.23. The van der Waals surface area contributed by atoms with Crippen molar-refractivity contribution in [2.24, 2.45) is 5.73 Å². The van der Waals surface area contributed by atoms with Gasteiger partial charge < -0.3 is 25.5 Å². The molecule has 0 saturated heterocycles. The zero-order valence-electron chi connectivity index (χ0n) is 22.1. The van der Waals surface area contributed by atoms with E-state index in [1.54, 1.807) is 18.2 Å². The number of nitrogens with two attached hydrogens (primary N) is 1. The maximum Gasteiger partial charge on any atom is 0.135 e. The van der Waals surface area contributed by atoms with E-state index in [4.69, 9.17) is 21.0 Å². The summed E-state index contributed by atoms with van der Waals surface area (Å²) in [6.45, 7) is 4.02. The number of hydrogen-bond donors (Lipinski definition) is 3. The molecule has 0 aliphatic rings. The molecule has 0 fully saturated rings. The smallest absolute Gasteiger partial charge is 0.135 e. The fourth-order valence-corrected chi connectivity index (χ4v) is 4.98.